The molecule has 1 unspecified atom stereocenters. The third kappa shape index (κ3) is 3.34. The second-order valence-electron chi connectivity index (χ2n) is 6.07. The number of hydrogen-bond acceptors (Lipinski definition) is 6. The molecule has 3 heterocycles. The number of carbonyl (C=O) groups excluding carboxylic acids is 3. The van der Waals surface area contributed by atoms with Gasteiger partial charge in [-0.1, -0.05) is 6.07 Å². The van der Waals surface area contributed by atoms with Gasteiger partial charge >= 0.3 is 5.97 Å². The first-order chi connectivity index (χ1) is 12.4. The van der Waals surface area contributed by atoms with Gasteiger partial charge in [-0.25, -0.2) is 4.79 Å². The largest absolute Gasteiger partial charge is 0.464 e. The molecule has 26 heavy (non-hydrogen) atoms. The van der Waals surface area contributed by atoms with Crippen molar-refractivity contribution in [3.8, 4) is 0 Å². The fourth-order valence-corrected chi connectivity index (χ4v) is 3.82. The number of aromatic nitrogens is 2. The lowest BCUT2D eigenvalue weighted by molar-refractivity contribution is -0.133. The summed E-state index contributed by atoms with van der Waals surface area (Å²) in [4.78, 5) is 39.7. The van der Waals surface area contributed by atoms with Gasteiger partial charge in [-0.05, 0) is 24.8 Å². The molecule has 2 amide bonds. The van der Waals surface area contributed by atoms with Gasteiger partial charge in [-0.3, -0.25) is 14.3 Å². The van der Waals surface area contributed by atoms with Crippen molar-refractivity contribution in [3.05, 3.63) is 33.8 Å². The Bertz CT molecular complexity index is 843. The SMILES string of the molecule is COC(=O)c1c(NC(=O)C2CCC(=O)N2Cc2cccs2)c(C)nn1C. The number of likely N-dealkylation sites (tertiary alicyclic amines) is 1. The number of amides is 2. The van der Waals surface area contributed by atoms with Gasteiger partial charge in [0.05, 0.1) is 25.0 Å². The first kappa shape index (κ1) is 18.1. The smallest absolute Gasteiger partial charge is 0.358 e. The summed E-state index contributed by atoms with van der Waals surface area (Å²) in [5.74, 6) is -0.954. The van der Waals surface area contributed by atoms with Crippen molar-refractivity contribution in [1.29, 1.82) is 0 Å². The molecule has 0 bridgehead atoms. The summed E-state index contributed by atoms with van der Waals surface area (Å²) in [5.41, 5.74) is 1.00. The number of esters is 1. The van der Waals surface area contributed by atoms with E-state index in [-0.39, 0.29) is 17.5 Å². The molecule has 1 fully saturated rings. The zero-order valence-corrected chi connectivity index (χ0v) is 15.6. The van der Waals surface area contributed by atoms with E-state index in [0.717, 1.165) is 4.88 Å². The normalized spacial score (nSPS) is 16.8. The first-order valence-electron chi connectivity index (χ1n) is 8.17. The van der Waals surface area contributed by atoms with Crippen molar-refractivity contribution < 1.29 is 19.1 Å². The van der Waals surface area contributed by atoms with Gasteiger partial charge in [-0.15, -0.1) is 11.3 Å². The van der Waals surface area contributed by atoms with Crippen LogP contribution in [-0.4, -0.2) is 45.6 Å². The summed E-state index contributed by atoms with van der Waals surface area (Å²) in [6.07, 6.45) is 0.780. The van der Waals surface area contributed by atoms with Crippen LogP contribution in [0.5, 0.6) is 0 Å². The Hall–Kier alpha value is -2.68. The molecule has 2 aromatic rings. The fraction of sp³-hybridized carbons (Fsp3) is 0.412. The van der Waals surface area contributed by atoms with Crippen LogP contribution in [0.15, 0.2) is 17.5 Å². The van der Waals surface area contributed by atoms with Crippen LogP contribution in [0.1, 0.15) is 33.9 Å². The summed E-state index contributed by atoms with van der Waals surface area (Å²) in [6, 6.07) is 3.28. The number of nitrogens with zero attached hydrogens (tertiary/aromatic N) is 3. The topological polar surface area (TPSA) is 93.5 Å². The lowest BCUT2D eigenvalue weighted by Gasteiger charge is -2.23. The minimum absolute atomic E-state index is 0.0466. The van der Waals surface area contributed by atoms with Crippen LogP contribution in [0.2, 0.25) is 0 Å². The molecule has 1 N–H and O–H groups in total. The molecule has 0 aliphatic carbocycles. The Morgan fingerprint density at radius 1 is 1.46 bits per heavy atom. The van der Waals surface area contributed by atoms with Crippen molar-refractivity contribution in [3.63, 3.8) is 0 Å². The van der Waals surface area contributed by atoms with Gasteiger partial charge in [0.25, 0.3) is 0 Å². The number of anilines is 1. The van der Waals surface area contributed by atoms with E-state index in [1.807, 2.05) is 17.5 Å². The summed E-state index contributed by atoms with van der Waals surface area (Å²) < 4.78 is 6.15. The number of aryl methyl sites for hydroxylation is 2. The molecule has 0 radical (unpaired) electrons. The molecule has 138 valence electrons. The number of thiophene rings is 1. The highest BCUT2D eigenvalue weighted by molar-refractivity contribution is 7.09. The van der Waals surface area contributed by atoms with Crippen molar-refractivity contribution >= 4 is 34.8 Å². The van der Waals surface area contributed by atoms with Gasteiger partial charge in [-0.2, -0.15) is 5.10 Å². The van der Waals surface area contributed by atoms with E-state index in [1.54, 1.807) is 30.2 Å². The maximum absolute atomic E-state index is 12.8. The third-order valence-electron chi connectivity index (χ3n) is 4.39. The van der Waals surface area contributed by atoms with E-state index < -0.39 is 12.0 Å². The molecular formula is C17H20N4O4S. The van der Waals surface area contributed by atoms with Crippen molar-refractivity contribution in [1.82, 2.24) is 14.7 Å². The second kappa shape index (κ2) is 7.28. The Kier molecular flexibility index (Phi) is 5.08. The van der Waals surface area contributed by atoms with E-state index in [1.165, 1.54) is 11.8 Å². The molecule has 1 aliphatic heterocycles. The van der Waals surface area contributed by atoms with Crippen LogP contribution >= 0.6 is 11.3 Å². The molecule has 2 aromatic heterocycles. The van der Waals surface area contributed by atoms with Gasteiger partial charge in [0.1, 0.15) is 6.04 Å². The number of methoxy groups -OCH3 is 1. The summed E-state index contributed by atoms with van der Waals surface area (Å²) >= 11 is 1.54. The zero-order valence-electron chi connectivity index (χ0n) is 14.8. The second-order valence-corrected chi connectivity index (χ2v) is 7.10. The molecule has 1 atom stereocenters. The molecular weight excluding hydrogens is 356 g/mol. The number of nitrogens with one attached hydrogen (secondary N) is 1. The van der Waals surface area contributed by atoms with Crippen molar-refractivity contribution in [2.45, 2.75) is 32.4 Å². The molecule has 3 rings (SSSR count). The van der Waals surface area contributed by atoms with Crippen molar-refractivity contribution in [2.75, 3.05) is 12.4 Å². The van der Waals surface area contributed by atoms with E-state index in [2.05, 4.69) is 10.4 Å². The highest BCUT2D eigenvalue weighted by Crippen LogP contribution is 2.26. The monoisotopic (exact) mass is 376 g/mol. The summed E-state index contributed by atoms with van der Waals surface area (Å²) in [7, 11) is 2.88. The van der Waals surface area contributed by atoms with Crippen LogP contribution in [0.25, 0.3) is 0 Å². The Morgan fingerprint density at radius 3 is 2.88 bits per heavy atom. The van der Waals surface area contributed by atoms with E-state index in [9.17, 15) is 14.4 Å². The van der Waals surface area contributed by atoms with Crippen LogP contribution in [0.3, 0.4) is 0 Å². The lowest BCUT2D eigenvalue weighted by Crippen LogP contribution is -2.41. The molecule has 1 aliphatic rings. The van der Waals surface area contributed by atoms with Crippen molar-refractivity contribution in [2.24, 2.45) is 7.05 Å². The number of hydrogen-bond donors (Lipinski definition) is 1. The zero-order chi connectivity index (χ0) is 18.8. The lowest BCUT2D eigenvalue weighted by atomic mass is 10.2. The average Bonchev–Trinajstić information content (AvgIpc) is 3.30. The van der Waals surface area contributed by atoms with Gasteiger partial charge in [0.15, 0.2) is 5.69 Å². The first-order valence-corrected chi connectivity index (χ1v) is 9.05. The minimum atomic E-state index is -0.582. The van der Waals surface area contributed by atoms with Crippen LogP contribution in [-0.2, 0) is 27.9 Å². The fourth-order valence-electron chi connectivity index (χ4n) is 3.12. The quantitative estimate of drug-likeness (QED) is 0.802. The Morgan fingerprint density at radius 2 is 2.23 bits per heavy atom. The van der Waals surface area contributed by atoms with Gasteiger partial charge < -0.3 is 15.0 Å². The molecule has 0 aromatic carbocycles. The van der Waals surface area contributed by atoms with Gasteiger partial charge in [0.2, 0.25) is 11.8 Å². The highest BCUT2D eigenvalue weighted by atomic mass is 32.1. The van der Waals surface area contributed by atoms with Crippen LogP contribution in [0.4, 0.5) is 5.69 Å². The van der Waals surface area contributed by atoms with Gasteiger partial charge in [0, 0.05) is 18.3 Å². The third-order valence-corrected chi connectivity index (χ3v) is 5.25. The maximum atomic E-state index is 12.8. The summed E-state index contributed by atoms with van der Waals surface area (Å²) in [6.45, 7) is 2.11. The maximum Gasteiger partial charge on any atom is 0.358 e. The number of rotatable bonds is 5. The average molecular weight is 376 g/mol. The Labute approximate surface area is 154 Å². The number of carbonyl (C=O) groups is 3. The predicted octanol–water partition coefficient (Wildman–Crippen LogP) is 1.71. The standard InChI is InChI=1S/C17H20N4O4S/c1-10-14(15(17(24)25-3)20(2)19-10)18-16(23)12-6-7-13(22)21(12)9-11-5-4-8-26-11/h4-5,8,12H,6-7,9H2,1-3H3,(H,18,23). The Balaban J connectivity index is 1.81. The molecule has 0 spiro atoms. The molecule has 1 saturated heterocycles. The van der Waals surface area contributed by atoms with E-state index in [4.69, 9.17) is 4.74 Å². The van der Waals surface area contributed by atoms with E-state index >= 15 is 0 Å². The van der Waals surface area contributed by atoms with Crippen LogP contribution in [0, 0.1) is 6.92 Å². The van der Waals surface area contributed by atoms with Crippen LogP contribution < -0.4 is 5.32 Å². The summed E-state index contributed by atoms with van der Waals surface area (Å²) in [5, 5.41) is 8.89. The predicted molar refractivity (Wildman–Crippen MR) is 95.8 cm³/mol. The minimum Gasteiger partial charge on any atom is -0.464 e. The highest BCUT2D eigenvalue weighted by Gasteiger charge is 2.37. The molecule has 0 saturated carbocycles. The molecule has 8 nitrogen and oxygen atoms in total. The van der Waals surface area contributed by atoms with E-state index in [0.29, 0.717) is 30.8 Å². The molecule has 9 heteroatoms. The number of ether oxygens (including phenoxy) is 1.